The number of hydrogen-bond acceptors (Lipinski definition) is 5. The third-order valence-corrected chi connectivity index (χ3v) is 5.90. The summed E-state index contributed by atoms with van der Waals surface area (Å²) in [6, 6.07) is 6.83. The van der Waals surface area contributed by atoms with Gasteiger partial charge in [-0.1, -0.05) is 23.7 Å². The number of aryl methyl sites for hydroxylation is 2. The number of thiophene rings is 1. The molecule has 1 N–H and O–H groups in total. The van der Waals surface area contributed by atoms with Crippen LogP contribution in [0.2, 0.25) is 0 Å². The van der Waals surface area contributed by atoms with Crippen molar-refractivity contribution in [3.8, 4) is 0 Å². The van der Waals surface area contributed by atoms with Gasteiger partial charge >= 0.3 is 5.97 Å². The summed E-state index contributed by atoms with van der Waals surface area (Å²) < 4.78 is 4.68. The summed E-state index contributed by atoms with van der Waals surface area (Å²) in [6.07, 6.45) is 4.76. The fraction of sp³-hybridized carbons (Fsp3) is 0.211. The first kappa shape index (κ1) is 17.0. The van der Waals surface area contributed by atoms with Crippen LogP contribution in [0.15, 0.2) is 29.1 Å². The van der Waals surface area contributed by atoms with Crippen molar-refractivity contribution in [2.75, 3.05) is 7.11 Å². The molecule has 132 valence electrons. The lowest BCUT2D eigenvalue weighted by atomic mass is 10.1. The van der Waals surface area contributed by atoms with E-state index in [1.807, 2.05) is 0 Å². The van der Waals surface area contributed by atoms with E-state index in [0.29, 0.717) is 21.8 Å². The number of carbonyl (C=O) groups excluding carboxylic acids is 1. The molecule has 1 aliphatic rings. The summed E-state index contributed by atoms with van der Waals surface area (Å²) in [4.78, 5) is 33.3. The number of rotatable bonds is 3. The van der Waals surface area contributed by atoms with Crippen molar-refractivity contribution in [2.24, 2.45) is 0 Å². The van der Waals surface area contributed by atoms with Crippen LogP contribution in [0, 0.1) is 0 Å². The number of methoxy groups -OCH3 is 1. The largest absolute Gasteiger partial charge is 0.465 e. The molecule has 0 saturated carbocycles. The molecule has 0 amide bonds. The van der Waals surface area contributed by atoms with Gasteiger partial charge in [-0.2, -0.15) is 0 Å². The molecule has 2 heterocycles. The van der Waals surface area contributed by atoms with Gasteiger partial charge < -0.3 is 9.72 Å². The Bertz CT molecular complexity index is 1100. The van der Waals surface area contributed by atoms with E-state index in [2.05, 4.69) is 14.7 Å². The van der Waals surface area contributed by atoms with Crippen LogP contribution in [0.1, 0.15) is 38.6 Å². The number of aromatic amines is 1. The average Bonchev–Trinajstić information content (AvgIpc) is 3.22. The molecule has 5 nitrogen and oxygen atoms in total. The van der Waals surface area contributed by atoms with E-state index in [1.165, 1.54) is 12.0 Å². The van der Waals surface area contributed by atoms with Crippen molar-refractivity contribution in [3.05, 3.63) is 62.0 Å². The van der Waals surface area contributed by atoms with E-state index in [-0.39, 0.29) is 5.56 Å². The van der Waals surface area contributed by atoms with Gasteiger partial charge in [-0.25, -0.2) is 9.78 Å². The van der Waals surface area contributed by atoms with Crippen molar-refractivity contribution in [1.82, 2.24) is 9.97 Å². The van der Waals surface area contributed by atoms with Gasteiger partial charge in [-0.3, -0.25) is 4.79 Å². The lowest BCUT2D eigenvalue weighted by molar-refractivity contribution is 0.0600. The minimum atomic E-state index is -0.395. The van der Waals surface area contributed by atoms with Gasteiger partial charge in [-0.15, -0.1) is 11.3 Å². The maximum atomic E-state index is 12.5. The first-order chi connectivity index (χ1) is 12.6. The molecule has 1 aromatic carbocycles. The summed E-state index contributed by atoms with van der Waals surface area (Å²) in [6.45, 7) is 0. The number of halogens is 1. The normalized spacial score (nSPS) is 13.8. The number of benzene rings is 1. The topological polar surface area (TPSA) is 72.0 Å². The fourth-order valence-corrected chi connectivity index (χ4v) is 4.64. The average molecular weight is 387 g/mol. The molecule has 0 saturated heterocycles. The standard InChI is InChI=1S/C19H15ClN2O3S/c1-25-19(24)11-7-5-10(6-8-11)9-13(20)16-21-17(23)15-12-3-2-4-14(12)26-18(15)22-16/h5-9H,2-4H2,1H3,(H,21,22,23)/b13-9-. The summed E-state index contributed by atoms with van der Waals surface area (Å²) in [5.74, 6) is -0.0463. The van der Waals surface area contributed by atoms with Crippen LogP contribution in [0.3, 0.4) is 0 Å². The highest BCUT2D eigenvalue weighted by molar-refractivity contribution is 7.18. The van der Waals surface area contributed by atoms with Crippen LogP contribution in [0.4, 0.5) is 0 Å². The molecule has 0 aliphatic heterocycles. The van der Waals surface area contributed by atoms with E-state index in [1.54, 1.807) is 41.7 Å². The van der Waals surface area contributed by atoms with Gasteiger partial charge in [-0.05, 0) is 48.6 Å². The molecule has 4 rings (SSSR count). The number of esters is 1. The third kappa shape index (κ3) is 2.95. The van der Waals surface area contributed by atoms with Gasteiger partial charge in [0.15, 0.2) is 5.82 Å². The van der Waals surface area contributed by atoms with E-state index < -0.39 is 5.97 Å². The van der Waals surface area contributed by atoms with Crippen molar-refractivity contribution >= 4 is 50.2 Å². The molecule has 0 atom stereocenters. The van der Waals surface area contributed by atoms with Crippen molar-refractivity contribution in [2.45, 2.75) is 19.3 Å². The molecular weight excluding hydrogens is 372 g/mol. The van der Waals surface area contributed by atoms with Crippen LogP contribution in [0.5, 0.6) is 0 Å². The zero-order chi connectivity index (χ0) is 18.3. The minimum absolute atomic E-state index is 0.142. The smallest absolute Gasteiger partial charge is 0.337 e. The Balaban J connectivity index is 1.69. The fourth-order valence-electron chi connectivity index (χ4n) is 3.16. The zero-order valence-corrected chi connectivity index (χ0v) is 15.5. The lowest BCUT2D eigenvalue weighted by Gasteiger charge is -2.02. The van der Waals surface area contributed by atoms with Gasteiger partial charge in [0, 0.05) is 4.88 Å². The maximum Gasteiger partial charge on any atom is 0.337 e. The second kappa shape index (κ2) is 6.70. The Hall–Kier alpha value is -2.44. The van der Waals surface area contributed by atoms with Crippen LogP contribution in [-0.4, -0.2) is 23.0 Å². The molecule has 26 heavy (non-hydrogen) atoms. The highest BCUT2D eigenvalue weighted by Gasteiger charge is 2.21. The zero-order valence-electron chi connectivity index (χ0n) is 14.0. The van der Waals surface area contributed by atoms with Crippen molar-refractivity contribution in [1.29, 1.82) is 0 Å². The monoisotopic (exact) mass is 386 g/mol. The number of fused-ring (bicyclic) bond motifs is 3. The van der Waals surface area contributed by atoms with E-state index in [0.717, 1.165) is 35.2 Å². The Morgan fingerprint density at radius 3 is 2.81 bits per heavy atom. The predicted molar refractivity (Wildman–Crippen MR) is 104 cm³/mol. The number of ether oxygens (including phenoxy) is 1. The van der Waals surface area contributed by atoms with Crippen molar-refractivity contribution < 1.29 is 9.53 Å². The summed E-state index contributed by atoms with van der Waals surface area (Å²) in [7, 11) is 1.34. The first-order valence-corrected chi connectivity index (χ1v) is 9.37. The number of hydrogen-bond donors (Lipinski definition) is 1. The number of H-pyrrole nitrogens is 1. The van der Waals surface area contributed by atoms with Crippen molar-refractivity contribution in [3.63, 3.8) is 0 Å². The summed E-state index contributed by atoms with van der Waals surface area (Å²) in [5.41, 5.74) is 2.25. The van der Waals surface area contributed by atoms with Crippen LogP contribution >= 0.6 is 22.9 Å². The number of nitrogens with zero attached hydrogens (tertiary/aromatic N) is 1. The van der Waals surface area contributed by atoms with E-state index in [4.69, 9.17) is 11.6 Å². The molecule has 0 unspecified atom stereocenters. The lowest BCUT2D eigenvalue weighted by Crippen LogP contribution is -2.10. The first-order valence-electron chi connectivity index (χ1n) is 8.17. The number of carbonyl (C=O) groups is 1. The molecule has 7 heteroatoms. The van der Waals surface area contributed by atoms with Crippen LogP contribution in [0.25, 0.3) is 21.3 Å². The van der Waals surface area contributed by atoms with E-state index in [9.17, 15) is 9.59 Å². The molecule has 0 radical (unpaired) electrons. The Kier molecular flexibility index (Phi) is 4.38. The SMILES string of the molecule is COC(=O)c1ccc(/C=C(\Cl)c2nc3sc4c(c3c(=O)[nH]2)CCC4)cc1. The highest BCUT2D eigenvalue weighted by Crippen LogP contribution is 2.35. The maximum absolute atomic E-state index is 12.5. The minimum Gasteiger partial charge on any atom is -0.465 e. The Morgan fingerprint density at radius 1 is 1.31 bits per heavy atom. The quantitative estimate of drug-likeness (QED) is 0.690. The van der Waals surface area contributed by atoms with Crippen LogP contribution in [-0.2, 0) is 17.6 Å². The van der Waals surface area contributed by atoms with Gasteiger partial charge in [0.2, 0.25) is 0 Å². The predicted octanol–water partition coefficient (Wildman–Crippen LogP) is 4.00. The Morgan fingerprint density at radius 2 is 2.08 bits per heavy atom. The summed E-state index contributed by atoms with van der Waals surface area (Å²) in [5, 5.41) is 1.04. The molecule has 3 aromatic rings. The van der Waals surface area contributed by atoms with E-state index >= 15 is 0 Å². The van der Waals surface area contributed by atoms with Gasteiger partial charge in [0.05, 0.1) is 23.1 Å². The molecule has 2 aromatic heterocycles. The molecule has 0 fully saturated rings. The molecular formula is C19H15ClN2O3S. The third-order valence-electron chi connectivity index (χ3n) is 4.43. The molecule has 0 spiro atoms. The highest BCUT2D eigenvalue weighted by atomic mass is 35.5. The molecule has 1 aliphatic carbocycles. The van der Waals surface area contributed by atoms with Gasteiger partial charge in [0.1, 0.15) is 4.83 Å². The van der Waals surface area contributed by atoms with Crippen LogP contribution < -0.4 is 5.56 Å². The van der Waals surface area contributed by atoms with Gasteiger partial charge in [0.25, 0.3) is 5.56 Å². The molecule has 0 bridgehead atoms. The second-order valence-corrected chi connectivity index (χ2v) is 7.55. The second-order valence-electron chi connectivity index (χ2n) is 6.06. The summed E-state index contributed by atoms with van der Waals surface area (Å²) >= 11 is 7.96. The number of nitrogens with one attached hydrogen (secondary N) is 1. The number of aromatic nitrogens is 2. The Labute approximate surface area is 158 Å².